The lowest BCUT2D eigenvalue weighted by Gasteiger charge is -2.17. The maximum Gasteiger partial charge on any atom is 0.311 e. The third-order valence-electron chi connectivity index (χ3n) is 7.30. The molecule has 0 spiro atoms. The van der Waals surface area contributed by atoms with Crippen molar-refractivity contribution >= 4 is 33.5 Å². The van der Waals surface area contributed by atoms with Crippen molar-refractivity contribution in [1.82, 2.24) is 0 Å². The van der Waals surface area contributed by atoms with E-state index in [0.29, 0.717) is 24.3 Å². The zero-order valence-corrected chi connectivity index (χ0v) is 23.8. The van der Waals surface area contributed by atoms with Crippen LogP contribution in [0.15, 0.2) is 42.5 Å². The van der Waals surface area contributed by atoms with E-state index in [9.17, 15) is 9.59 Å². The molecule has 0 amide bonds. The van der Waals surface area contributed by atoms with Crippen LogP contribution in [0.3, 0.4) is 0 Å². The Bertz CT molecular complexity index is 1180. The fourth-order valence-electron chi connectivity index (χ4n) is 5.02. The molecular weight excluding hydrogens is 472 g/mol. The van der Waals surface area contributed by atoms with Gasteiger partial charge in [-0.25, -0.2) is 0 Å². The molecule has 0 bridgehead atoms. The van der Waals surface area contributed by atoms with Gasteiger partial charge in [-0.15, -0.1) is 0 Å². The quantitative estimate of drug-likeness (QED) is 0.0772. The molecular formula is C34H46O4. The monoisotopic (exact) mass is 518 g/mol. The van der Waals surface area contributed by atoms with Gasteiger partial charge in [0.15, 0.2) is 0 Å². The first-order valence-electron chi connectivity index (χ1n) is 15.0. The van der Waals surface area contributed by atoms with E-state index in [4.69, 9.17) is 9.47 Å². The Kier molecular flexibility index (Phi) is 12.6. The summed E-state index contributed by atoms with van der Waals surface area (Å²) in [6, 6.07) is 13.9. The van der Waals surface area contributed by atoms with E-state index in [-0.39, 0.29) is 11.9 Å². The van der Waals surface area contributed by atoms with Gasteiger partial charge in [0.25, 0.3) is 0 Å². The summed E-state index contributed by atoms with van der Waals surface area (Å²) >= 11 is 0. The molecule has 206 valence electrons. The molecule has 0 unspecified atom stereocenters. The fourth-order valence-corrected chi connectivity index (χ4v) is 5.02. The number of aryl methyl sites for hydroxylation is 1. The summed E-state index contributed by atoms with van der Waals surface area (Å²) in [5.74, 6) is 0.712. The minimum atomic E-state index is -0.209. The van der Waals surface area contributed by atoms with E-state index in [1.165, 1.54) is 38.5 Å². The molecule has 3 aromatic carbocycles. The van der Waals surface area contributed by atoms with Crippen LogP contribution in [-0.2, 0) is 16.0 Å². The number of rotatable bonds is 17. The van der Waals surface area contributed by atoms with Crippen LogP contribution < -0.4 is 9.47 Å². The first kappa shape index (κ1) is 29.7. The van der Waals surface area contributed by atoms with Gasteiger partial charge >= 0.3 is 11.9 Å². The number of benzene rings is 3. The van der Waals surface area contributed by atoms with Crippen LogP contribution in [0.25, 0.3) is 21.5 Å². The molecule has 0 aliphatic heterocycles. The molecule has 3 aromatic rings. The summed E-state index contributed by atoms with van der Waals surface area (Å²) in [7, 11) is 0. The number of carbonyl (C=O) groups excluding carboxylic acids is 2. The molecule has 0 atom stereocenters. The molecule has 0 aromatic heterocycles. The van der Waals surface area contributed by atoms with Crippen molar-refractivity contribution in [2.24, 2.45) is 0 Å². The highest BCUT2D eigenvalue weighted by Gasteiger charge is 2.20. The number of esters is 2. The highest BCUT2D eigenvalue weighted by molar-refractivity contribution is 6.12. The Balaban J connectivity index is 1.84. The molecule has 0 aliphatic rings. The number of fused-ring (bicyclic) bond motifs is 2. The van der Waals surface area contributed by atoms with Gasteiger partial charge in [0.1, 0.15) is 11.5 Å². The zero-order valence-electron chi connectivity index (χ0n) is 23.8. The zero-order chi connectivity index (χ0) is 27.2. The first-order valence-corrected chi connectivity index (χ1v) is 15.0. The molecule has 0 aliphatic carbocycles. The van der Waals surface area contributed by atoms with E-state index < -0.39 is 0 Å². The molecule has 0 fully saturated rings. The van der Waals surface area contributed by atoms with Crippen molar-refractivity contribution in [2.45, 2.75) is 117 Å². The molecule has 4 heteroatoms. The van der Waals surface area contributed by atoms with Gasteiger partial charge < -0.3 is 9.47 Å². The summed E-state index contributed by atoms with van der Waals surface area (Å²) in [4.78, 5) is 25.8. The number of ether oxygens (including phenoxy) is 2. The van der Waals surface area contributed by atoms with Crippen molar-refractivity contribution in [3.8, 4) is 11.5 Å². The molecule has 3 rings (SSSR count). The maximum absolute atomic E-state index is 12.9. The van der Waals surface area contributed by atoms with Crippen LogP contribution in [0.4, 0.5) is 0 Å². The van der Waals surface area contributed by atoms with Crippen molar-refractivity contribution in [3.63, 3.8) is 0 Å². The third kappa shape index (κ3) is 8.58. The Hall–Kier alpha value is -2.88. The Morgan fingerprint density at radius 1 is 0.553 bits per heavy atom. The van der Waals surface area contributed by atoms with Crippen LogP contribution >= 0.6 is 0 Å². The van der Waals surface area contributed by atoms with E-state index in [2.05, 4.69) is 32.9 Å². The van der Waals surface area contributed by atoms with Gasteiger partial charge in [-0.2, -0.15) is 0 Å². The van der Waals surface area contributed by atoms with Crippen molar-refractivity contribution in [3.05, 3.63) is 48.0 Å². The number of hydrogen-bond donors (Lipinski definition) is 0. The van der Waals surface area contributed by atoms with E-state index in [1.54, 1.807) is 0 Å². The molecule has 0 heterocycles. The second-order valence-corrected chi connectivity index (χ2v) is 10.4. The molecule has 0 N–H and O–H groups in total. The van der Waals surface area contributed by atoms with Crippen LogP contribution in [0.5, 0.6) is 11.5 Å². The summed E-state index contributed by atoms with van der Waals surface area (Å²) in [6.45, 7) is 6.52. The predicted molar refractivity (Wildman–Crippen MR) is 158 cm³/mol. The molecule has 0 saturated heterocycles. The minimum absolute atomic E-state index is 0.207. The smallest absolute Gasteiger partial charge is 0.311 e. The minimum Gasteiger partial charge on any atom is -0.425 e. The fraction of sp³-hybridized carbons (Fsp3) is 0.529. The standard InChI is InChI=1S/C34H46O4/c1-4-7-9-11-13-15-21-31(35)37-33-27-19-17-18-20-28(27)34(30-25-26(6-3)23-24-29(30)33)38-32(36)22-16-14-12-10-8-5-2/h17-20,23-25H,4-16,21-22H2,1-3H3. The van der Waals surface area contributed by atoms with Gasteiger partial charge in [-0.05, 0) is 30.9 Å². The van der Waals surface area contributed by atoms with Gasteiger partial charge in [-0.3, -0.25) is 9.59 Å². The van der Waals surface area contributed by atoms with E-state index in [0.717, 1.165) is 72.1 Å². The van der Waals surface area contributed by atoms with Crippen LogP contribution in [0.1, 0.15) is 116 Å². The summed E-state index contributed by atoms with van der Waals surface area (Å²) in [5, 5.41) is 3.22. The maximum atomic E-state index is 12.9. The van der Waals surface area contributed by atoms with E-state index in [1.807, 2.05) is 30.3 Å². The lowest BCUT2D eigenvalue weighted by Crippen LogP contribution is -2.11. The molecule has 0 radical (unpaired) electrons. The van der Waals surface area contributed by atoms with Crippen LogP contribution in [0.2, 0.25) is 0 Å². The summed E-state index contributed by atoms with van der Waals surface area (Å²) in [5.41, 5.74) is 1.14. The lowest BCUT2D eigenvalue weighted by molar-refractivity contribution is -0.135. The number of carbonyl (C=O) groups is 2. The predicted octanol–water partition coefficient (Wildman–Crippen LogP) is 9.87. The topological polar surface area (TPSA) is 52.6 Å². The molecule has 38 heavy (non-hydrogen) atoms. The average Bonchev–Trinajstić information content (AvgIpc) is 2.94. The Labute approximate surface area is 229 Å². The summed E-state index contributed by atoms with van der Waals surface area (Å²) < 4.78 is 12.1. The van der Waals surface area contributed by atoms with Crippen LogP contribution in [-0.4, -0.2) is 11.9 Å². The van der Waals surface area contributed by atoms with Gasteiger partial charge in [0, 0.05) is 34.4 Å². The number of hydrogen-bond acceptors (Lipinski definition) is 4. The highest BCUT2D eigenvalue weighted by Crippen LogP contribution is 2.43. The first-order chi connectivity index (χ1) is 18.6. The van der Waals surface area contributed by atoms with Crippen molar-refractivity contribution < 1.29 is 19.1 Å². The number of unbranched alkanes of at least 4 members (excludes halogenated alkanes) is 10. The van der Waals surface area contributed by atoms with Crippen molar-refractivity contribution in [1.29, 1.82) is 0 Å². The second-order valence-electron chi connectivity index (χ2n) is 10.4. The SMILES string of the molecule is CCCCCCCCC(=O)Oc1c2ccccc2c(OC(=O)CCCCCCCC)c2cc(CC)ccc12. The molecule has 0 saturated carbocycles. The van der Waals surface area contributed by atoms with Gasteiger partial charge in [-0.1, -0.05) is 121 Å². The van der Waals surface area contributed by atoms with Gasteiger partial charge in [0.2, 0.25) is 0 Å². The Morgan fingerprint density at radius 3 is 1.50 bits per heavy atom. The average molecular weight is 519 g/mol. The Morgan fingerprint density at radius 2 is 1.00 bits per heavy atom. The highest BCUT2D eigenvalue weighted by atomic mass is 16.5. The third-order valence-corrected chi connectivity index (χ3v) is 7.30. The van der Waals surface area contributed by atoms with Crippen LogP contribution in [0, 0.1) is 0 Å². The largest absolute Gasteiger partial charge is 0.425 e. The summed E-state index contributed by atoms with van der Waals surface area (Å²) in [6.07, 6.45) is 15.1. The van der Waals surface area contributed by atoms with Crippen molar-refractivity contribution in [2.75, 3.05) is 0 Å². The second kappa shape index (κ2) is 16.2. The van der Waals surface area contributed by atoms with E-state index >= 15 is 0 Å². The van der Waals surface area contributed by atoms with Gasteiger partial charge in [0.05, 0.1) is 0 Å². The molecule has 4 nitrogen and oxygen atoms in total. The lowest BCUT2D eigenvalue weighted by atomic mass is 9.98. The normalized spacial score (nSPS) is 11.2.